The number of hydrogen-bond donors (Lipinski definition) is 2. The summed E-state index contributed by atoms with van der Waals surface area (Å²) in [4.78, 5) is 10.9. The number of fused-ring (bicyclic) bond motifs is 1. The van der Waals surface area contributed by atoms with Crippen molar-refractivity contribution in [2.45, 2.75) is 51.4 Å². The smallest absolute Gasteiger partial charge is 0.507 e. The summed E-state index contributed by atoms with van der Waals surface area (Å²) in [5.41, 5.74) is 8.30. The average molecular weight is 493 g/mol. The van der Waals surface area contributed by atoms with Crippen LogP contribution < -0.4 is 4.74 Å². The highest BCUT2D eigenvalue weighted by Gasteiger charge is 2.38. The molecule has 4 aromatic carbocycles. The number of phenolic OH excluding ortho intramolecular Hbond substituents is 1. The second kappa shape index (κ2) is 9.11. The molecule has 0 unspecified atom stereocenters. The van der Waals surface area contributed by atoms with Crippen molar-refractivity contribution < 1.29 is 19.7 Å². The monoisotopic (exact) mass is 492 g/mol. The molecule has 0 bridgehead atoms. The maximum absolute atomic E-state index is 11.4. The van der Waals surface area contributed by atoms with Crippen LogP contribution >= 0.6 is 0 Å². The Morgan fingerprint density at radius 3 is 1.89 bits per heavy atom. The molecule has 4 aromatic rings. The molecule has 0 aliphatic heterocycles. The molecule has 0 radical (unpaired) electrons. The van der Waals surface area contributed by atoms with E-state index in [0.717, 1.165) is 46.2 Å². The van der Waals surface area contributed by atoms with Crippen molar-refractivity contribution in [3.63, 3.8) is 0 Å². The fraction of sp³-hybridized carbons (Fsp3) is 0.242. The predicted molar refractivity (Wildman–Crippen MR) is 148 cm³/mol. The van der Waals surface area contributed by atoms with Crippen LogP contribution in [0.15, 0.2) is 84.9 Å². The van der Waals surface area contributed by atoms with Gasteiger partial charge in [-0.15, -0.1) is 0 Å². The molecule has 1 aliphatic rings. The van der Waals surface area contributed by atoms with E-state index in [-0.39, 0.29) is 22.3 Å². The molecule has 0 aromatic heterocycles. The lowest BCUT2D eigenvalue weighted by Gasteiger charge is -2.42. The maximum Gasteiger partial charge on any atom is 0.511 e. The lowest BCUT2D eigenvalue weighted by Crippen LogP contribution is -2.33. The number of phenols is 1. The summed E-state index contributed by atoms with van der Waals surface area (Å²) in [7, 11) is 0. The summed E-state index contributed by atoms with van der Waals surface area (Å²) in [5, 5.41) is 20.3. The first-order chi connectivity index (χ1) is 17.5. The van der Waals surface area contributed by atoms with Gasteiger partial charge in [0.15, 0.2) is 0 Å². The van der Waals surface area contributed by atoms with Crippen LogP contribution in [-0.4, -0.2) is 16.4 Å². The zero-order valence-electron chi connectivity index (χ0n) is 21.7. The second-order valence-corrected chi connectivity index (χ2v) is 11.2. The molecule has 5 rings (SSSR count). The Morgan fingerprint density at radius 1 is 0.676 bits per heavy atom. The fourth-order valence-electron chi connectivity index (χ4n) is 5.45. The maximum atomic E-state index is 11.4. The van der Waals surface area contributed by atoms with Crippen molar-refractivity contribution in [3.05, 3.63) is 96.1 Å². The second-order valence-electron chi connectivity index (χ2n) is 11.2. The van der Waals surface area contributed by atoms with Crippen molar-refractivity contribution in [1.29, 1.82) is 0 Å². The van der Waals surface area contributed by atoms with Crippen LogP contribution in [0.4, 0.5) is 4.79 Å². The number of hydrogen-bond acceptors (Lipinski definition) is 3. The van der Waals surface area contributed by atoms with E-state index in [9.17, 15) is 9.90 Å². The molecule has 0 heterocycles. The number of rotatable bonds is 4. The summed E-state index contributed by atoms with van der Waals surface area (Å²) < 4.78 is 4.76. The van der Waals surface area contributed by atoms with Crippen molar-refractivity contribution in [1.82, 2.24) is 0 Å². The molecule has 4 heteroatoms. The lowest BCUT2D eigenvalue weighted by molar-refractivity contribution is 0.144. The van der Waals surface area contributed by atoms with Gasteiger partial charge in [0, 0.05) is 5.56 Å². The third-order valence-electron chi connectivity index (χ3n) is 7.76. The van der Waals surface area contributed by atoms with E-state index in [0.29, 0.717) is 0 Å². The zero-order valence-corrected chi connectivity index (χ0v) is 21.7. The van der Waals surface area contributed by atoms with Crippen molar-refractivity contribution >= 4 is 6.16 Å². The van der Waals surface area contributed by atoms with E-state index < -0.39 is 6.16 Å². The minimum absolute atomic E-state index is 0.00470. The minimum atomic E-state index is -1.34. The van der Waals surface area contributed by atoms with Crippen molar-refractivity contribution in [2.24, 2.45) is 0 Å². The molecular weight excluding hydrogens is 460 g/mol. The molecule has 4 nitrogen and oxygen atoms in total. The number of carboxylic acid groups (broad SMARTS) is 1. The van der Waals surface area contributed by atoms with Crippen LogP contribution in [0.25, 0.3) is 33.4 Å². The van der Waals surface area contributed by atoms with Crippen LogP contribution in [0.5, 0.6) is 11.5 Å². The molecule has 37 heavy (non-hydrogen) atoms. The van der Waals surface area contributed by atoms with Gasteiger partial charge in [0.1, 0.15) is 11.5 Å². The summed E-state index contributed by atoms with van der Waals surface area (Å²) in [6, 6.07) is 27.6. The quantitative estimate of drug-likeness (QED) is 0.221. The number of benzene rings is 4. The van der Waals surface area contributed by atoms with Gasteiger partial charge in [0.05, 0.1) is 0 Å². The molecule has 0 saturated heterocycles. The van der Waals surface area contributed by atoms with Gasteiger partial charge < -0.3 is 14.9 Å². The van der Waals surface area contributed by atoms with Gasteiger partial charge in [0.25, 0.3) is 0 Å². The standard InChI is InChI=1S/C33H32O4/c1-32(2)16-17-33(3,4)29-20-30(34)27(19-28(29)32)26-18-23(12-15-25(26)22-8-6-5-7-9-22)21-10-13-24(14-11-21)37-31(35)36/h5-15,18-20,34H,16-17H2,1-4H3,(H,35,36). The Morgan fingerprint density at radius 2 is 1.27 bits per heavy atom. The first-order valence-corrected chi connectivity index (χ1v) is 12.6. The first-order valence-electron chi connectivity index (χ1n) is 12.6. The Hall–Kier alpha value is -4.05. The van der Waals surface area contributed by atoms with Gasteiger partial charge >= 0.3 is 6.16 Å². The molecule has 0 spiro atoms. The Labute approximate surface area is 218 Å². The third-order valence-corrected chi connectivity index (χ3v) is 7.76. The summed E-state index contributed by atoms with van der Waals surface area (Å²) in [6.45, 7) is 9.09. The minimum Gasteiger partial charge on any atom is -0.507 e. The lowest BCUT2D eigenvalue weighted by atomic mass is 9.62. The number of ether oxygens (including phenoxy) is 1. The highest BCUT2D eigenvalue weighted by Crippen LogP contribution is 2.50. The third kappa shape index (κ3) is 4.72. The highest BCUT2D eigenvalue weighted by atomic mass is 16.7. The van der Waals surface area contributed by atoms with Crippen LogP contribution in [0.1, 0.15) is 51.7 Å². The molecular formula is C33H32O4. The van der Waals surface area contributed by atoms with E-state index in [1.165, 1.54) is 11.1 Å². The highest BCUT2D eigenvalue weighted by molar-refractivity contribution is 5.90. The Bertz CT molecular complexity index is 1460. The topological polar surface area (TPSA) is 66.8 Å². The van der Waals surface area contributed by atoms with Gasteiger partial charge in [-0.3, -0.25) is 0 Å². The van der Waals surface area contributed by atoms with E-state index in [1.807, 2.05) is 36.4 Å². The van der Waals surface area contributed by atoms with E-state index in [1.54, 1.807) is 12.1 Å². The largest absolute Gasteiger partial charge is 0.511 e. The molecule has 1 aliphatic carbocycles. The van der Waals surface area contributed by atoms with Crippen molar-refractivity contribution in [3.8, 4) is 44.9 Å². The molecule has 2 N–H and O–H groups in total. The molecule has 0 saturated carbocycles. The van der Waals surface area contributed by atoms with Gasteiger partial charge in [-0.05, 0) is 92.9 Å². The van der Waals surface area contributed by atoms with Gasteiger partial charge in [-0.1, -0.05) is 82.3 Å². The molecule has 0 amide bonds. The fourth-order valence-corrected chi connectivity index (χ4v) is 5.45. The molecule has 188 valence electrons. The Kier molecular flexibility index (Phi) is 6.07. The van der Waals surface area contributed by atoms with Crippen LogP contribution in [0.3, 0.4) is 0 Å². The first kappa shape index (κ1) is 24.6. The normalized spacial score (nSPS) is 15.6. The van der Waals surface area contributed by atoms with Gasteiger partial charge in [-0.2, -0.15) is 0 Å². The average Bonchev–Trinajstić information content (AvgIpc) is 2.87. The van der Waals surface area contributed by atoms with E-state index in [2.05, 4.69) is 64.1 Å². The number of aromatic hydroxyl groups is 1. The van der Waals surface area contributed by atoms with E-state index >= 15 is 0 Å². The summed E-state index contributed by atoms with van der Waals surface area (Å²) >= 11 is 0. The van der Waals surface area contributed by atoms with Crippen molar-refractivity contribution in [2.75, 3.05) is 0 Å². The summed E-state index contributed by atoms with van der Waals surface area (Å²) in [5.74, 6) is 0.554. The number of carbonyl (C=O) groups is 1. The van der Waals surface area contributed by atoms with Gasteiger partial charge in [0.2, 0.25) is 0 Å². The van der Waals surface area contributed by atoms with Crippen LogP contribution in [0.2, 0.25) is 0 Å². The summed E-state index contributed by atoms with van der Waals surface area (Å²) in [6.07, 6.45) is 0.835. The van der Waals surface area contributed by atoms with Crippen LogP contribution in [0, 0.1) is 0 Å². The SMILES string of the molecule is CC1(C)CCC(C)(C)c2cc(-c3cc(-c4ccc(OC(=O)O)cc4)ccc3-c3ccccc3)c(O)cc21. The van der Waals surface area contributed by atoms with Crippen LogP contribution in [-0.2, 0) is 10.8 Å². The Balaban J connectivity index is 1.70. The van der Waals surface area contributed by atoms with E-state index in [4.69, 9.17) is 9.84 Å². The van der Waals surface area contributed by atoms with Gasteiger partial charge in [-0.25, -0.2) is 4.79 Å². The zero-order chi connectivity index (χ0) is 26.4. The molecule has 0 atom stereocenters. The molecule has 0 fully saturated rings. The predicted octanol–water partition coefficient (Wildman–Crippen LogP) is 8.80.